The van der Waals surface area contributed by atoms with E-state index in [1.165, 1.54) is 16.9 Å². The number of rotatable bonds is 2. The minimum atomic E-state index is 0.148. The van der Waals surface area contributed by atoms with E-state index >= 15 is 0 Å². The summed E-state index contributed by atoms with van der Waals surface area (Å²) in [6, 6.07) is 6.17. The number of benzene rings is 1. The number of nitrogens with one attached hydrogen (secondary N) is 1. The van der Waals surface area contributed by atoms with Crippen LogP contribution in [0, 0.1) is 17.8 Å². The number of thioether (sulfide) groups is 1. The Labute approximate surface area is 128 Å². The molecule has 20 heavy (non-hydrogen) atoms. The highest BCUT2D eigenvalue weighted by molar-refractivity contribution is 7.99. The van der Waals surface area contributed by atoms with Crippen LogP contribution in [0.5, 0.6) is 0 Å². The van der Waals surface area contributed by atoms with Gasteiger partial charge in [0.15, 0.2) is 0 Å². The highest BCUT2D eigenvalue weighted by atomic mass is 35.5. The molecule has 2 saturated carbocycles. The molecule has 1 heterocycles. The fraction of sp³-hybridized carbons (Fsp3) is 0.562. The molecular formula is C16H18ClNOS. The fourth-order valence-electron chi connectivity index (χ4n) is 3.73. The molecule has 1 aliphatic heterocycles. The monoisotopic (exact) mass is 307 g/mol. The third kappa shape index (κ3) is 2.35. The van der Waals surface area contributed by atoms with E-state index in [9.17, 15) is 4.79 Å². The quantitative estimate of drug-likeness (QED) is 0.893. The van der Waals surface area contributed by atoms with Gasteiger partial charge in [-0.3, -0.25) is 4.79 Å². The van der Waals surface area contributed by atoms with Crippen LogP contribution in [0.2, 0.25) is 5.02 Å². The smallest absolute Gasteiger partial charge is 0.223 e. The van der Waals surface area contributed by atoms with Crippen LogP contribution >= 0.6 is 23.4 Å². The maximum atomic E-state index is 12.4. The standard InChI is InChI=1S/C16H18ClNOS/c17-12-1-2-15-13(8-12)14(3-4-20-15)18-16(19)11-6-9-5-10(9)7-11/h1-2,8-11,14H,3-7H2,(H,18,19). The van der Waals surface area contributed by atoms with Gasteiger partial charge in [-0.15, -0.1) is 11.8 Å². The summed E-state index contributed by atoms with van der Waals surface area (Å²) in [6.45, 7) is 0. The number of hydrogen-bond acceptors (Lipinski definition) is 2. The number of fused-ring (bicyclic) bond motifs is 2. The van der Waals surface area contributed by atoms with Crippen molar-refractivity contribution in [1.82, 2.24) is 5.32 Å². The molecule has 106 valence electrons. The van der Waals surface area contributed by atoms with Gasteiger partial charge in [0.25, 0.3) is 0 Å². The van der Waals surface area contributed by atoms with Gasteiger partial charge in [-0.25, -0.2) is 0 Å². The summed E-state index contributed by atoms with van der Waals surface area (Å²) in [5, 5.41) is 4.03. The Morgan fingerprint density at radius 2 is 2.05 bits per heavy atom. The molecule has 1 amide bonds. The summed E-state index contributed by atoms with van der Waals surface area (Å²) in [6.07, 6.45) is 4.59. The van der Waals surface area contributed by atoms with E-state index in [0.29, 0.717) is 0 Å². The summed E-state index contributed by atoms with van der Waals surface area (Å²) in [5.41, 5.74) is 1.20. The number of amides is 1. The molecule has 4 heteroatoms. The van der Waals surface area contributed by atoms with Crippen LogP contribution in [-0.4, -0.2) is 11.7 Å². The van der Waals surface area contributed by atoms with Crippen LogP contribution in [-0.2, 0) is 4.79 Å². The van der Waals surface area contributed by atoms with E-state index in [0.717, 1.165) is 41.9 Å². The van der Waals surface area contributed by atoms with E-state index < -0.39 is 0 Å². The molecule has 0 radical (unpaired) electrons. The highest BCUT2D eigenvalue weighted by Gasteiger charge is 2.48. The van der Waals surface area contributed by atoms with Gasteiger partial charge in [0.05, 0.1) is 6.04 Å². The summed E-state index contributed by atoms with van der Waals surface area (Å²) in [4.78, 5) is 13.7. The van der Waals surface area contributed by atoms with Crippen molar-refractivity contribution in [2.24, 2.45) is 17.8 Å². The lowest BCUT2D eigenvalue weighted by molar-refractivity contribution is -0.125. The van der Waals surface area contributed by atoms with Gasteiger partial charge < -0.3 is 5.32 Å². The maximum Gasteiger partial charge on any atom is 0.223 e. The minimum Gasteiger partial charge on any atom is -0.349 e. The van der Waals surface area contributed by atoms with Crippen LogP contribution in [0.25, 0.3) is 0 Å². The largest absolute Gasteiger partial charge is 0.349 e. The number of carbonyl (C=O) groups is 1. The normalized spacial score (nSPS) is 34.2. The number of carbonyl (C=O) groups excluding carboxylic acids is 1. The summed E-state index contributed by atoms with van der Waals surface area (Å²) in [5.74, 6) is 3.30. The SMILES string of the molecule is O=C(NC1CCSc2ccc(Cl)cc21)C1CC2CC2C1. The Morgan fingerprint density at radius 1 is 1.25 bits per heavy atom. The average molecular weight is 308 g/mol. The van der Waals surface area contributed by atoms with Crippen LogP contribution in [0.4, 0.5) is 0 Å². The van der Waals surface area contributed by atoms with Gasteiger partial charge in [0.1, 0.15) is 0 Å². The Balaban J connectivity index is 1.49. The number of hydrogen-bond donors (Lipinski definition) is 1. The van der Waals surface area contributed by atoms with E-state index in [1.807, 2.05) is 23.9 Å². The summed E-state index contributed by atoms with van der Waals surface area (Å²) in [7, 11) is 0. The first-order chi connectivity index (χ1) is 9.70. The first kappa shape index (κ1) is 13.0. The second kappa shape index (κ2) is 4.96. The topological polar surface area (TPSA) is 29.1 Å². The van der Waals surface area contributed by atoms with Gasteiger partial charge in [0, 0.05) is 21.6 Å². The lowest BCUT2D eigenvalue weighted by Gasteiger charge is -2.27. The molecule has 0 saturated heterocycles. The van der Waals surface area contributed by atoms with Gasteiger partial charge in [-0.1, -0.05) is 11.6 Å². The molecule has 3 unspecified atom stereocenters. The molecule has 3 atom stereocenters. The van der Waals surface area contributed by atoms with Crippen molar-refractivity contribution in [1.29, 1.82) is 0 Å². The molecule has 1 aromatic carbocycles. The van der Waals surface area contributed by atoms with Gasteiger partial charge in [-0.05, 0) is 61.3 Å². The summed E-state index contributed by atoms with van der Waals surface area (Å²) < 4.78 is 0. The first-order valence-corrected chi connectivity index (χ1v) is 8.79. The van der Waals surface area contributed by atoms with E-state index in [4.69, 9.17) is 11.6 Å². The van der Waals surface area contributed by atoms with Crippen LogP contribution in [0.3, 0.4) is 0 Å². The molecule has 2 nitrogen and oxygen atoms in total. The zero-order valence-electron chi connectivity index (χ0n) is 11.3. The Hall–Kier alpha value is -0.670. The minimum absolute atomic E-state index is 0.148. The first-order valence-electron chi connectivity index (χ1n) is 7.43. The number of halogens is 1. The van der Waals surface area contributed by atoms with Crippen LogP contribution in [0.1, 0.15) is 37.3 Å². The van der Waals surface area contributed by atoms with Crippen molar-refractivity contribution < 1.29 is 4.79 Å². The van der Waals surface area contributed by atoms with Crippen molar-refractivity contribution in [3.8, 4) is 0 Å². The Kier molecular flexibility index (Phi) is 3.23. The second-order valence-electron chi connectivity index (χ2n) is 6.30. The van der Waals surface area contributed by atoms with Crippen molar-refractivity contribution >= 4 is 29.3 Å². The average Bonchev–Trinajstić information content (AvgIpc) is 3.06. The Morgan fingerprint density at radius 3 is 2.85 bits per heavy atom. The van der Waals surface area contributed by atoms with E-state index in [2.05, 4.69) is 11.4 Å². The molecule has 0 spiro atoms. The van der Waals surface area contributed by atoms with Gasteiger partial charge in [-0.2, -0.15) is 0 Å². The fourth-order valence-corrected chi connectivity index (χ4v) is 5.02. The van der Waals surface area contributed by atoms with Gasteiger partial charge in [0.2, 0.25) is 5.91 Å². The summed E-state index contributed by atoms with van der Waals surface area (Å²) >= 11 is 7.97. The zero-order chi connectivity index (χ0) is 13.7. The molecule has 4 rings (SSSR count). The molecule has 3 aliphatic rings. The predicted molar refractivity (Wildman–Crippen MR) is 82.0 cm³/mol. The molecular weight excluding hydrogens is 290 g/mol. The third-order valence-electron chi connectivity index (χ3n) is 4.94. The lowest BCUT2D eigenvalue weighted by Crippen LogP contribution is -2.35. The highest BCUT2D eigenvalue weighted by Crippen LogP contribution is 2.54. The van der Waals surface area contributed by atoms with Crippen molar-refractivity contribution in [3.05, 3.63) is 28.8 Å². The lowest BCUT2D eigenvalue weighted by atomic mass is 9.99. The Bertz CT molecular complexity index is 551. The molecule has 0 bridgehead atoms. The van der Waals surface area contributed by atoms with Crippen molar-refractivity contribution in [2.45, 2.75) is 36.6 Å². The van der Waals surface area contributed by atoms with Crippen molar-refractivity contribution in [3.63, 3.8) is 0 Å². The molecule has 2 aliphatic carbocycles. The van der Waals surface area contributed by atoms with Crippen LogP contribution < -0.4 is 5.32 Å². The van der Waals surface area contributed by atoms with E-state index in [1.54, 1.807) is 0 Å². The molecule has 2 fully saturated rings. The maximum absolute atomic E-state index is 12.4. The van der Waals surface area contributed by atoms with Gasteiger partial charge >= 0.3 is 0 Å². The predicted octanol–water partition coefficient (Wildman–Crippen LogP) is 4.04. The third-order valence-corrected chi connectivity index (χ3v) is 6.30. The van der Waals surface area contributed by atoms with Crippen molar-refractivity contribution in [2.75, 3.05) is 5.75 Å². The van der Waals surface area contributed by atoms with E-state index in [-0.39, 0.29) is 17.9 Å². The molecule has 1 aromatic rings. The van der Waals surface area contributed by atoms with Crippen LogP contribution in [0.15, 0.2) is 23.1 Å². The molecule has 1 N–H and O–H groups in total. The zero-order valence-corrected chi connectivity index (χ0v) is 12.8. The second-order valence-corrected chi connectivity index (χ2v) is 7.88. The molecule has 0 aromatic heterocycles.